The van der Waals surface area contributed by atoms with Gasteiger partial charge >= 0.3 is 5.97 Å². The molecule has 2 unspecified atom stereocenters. The van der Waals surface area contributed by atoms with Crippen molar-refractivity contribution in [2.75, 3.05) is 20.2 Å². The van der Waals surface area contributed by atoms with E-state index in [0.717, 1.165) is 0 Å². The minimum absolute atomic E-state index is 0.205. The van der Waals surface area contributed by atoms with Crippen LogP contribution in [0.3, 0.4) is 0 Å². The van der Waals surface area contributed by atoms with Crippen molar-refractivity contribution in [2.45, 2.75) is 32.4 Å². The van der Waals surface area contributed by atoms with Gasteiger partial charge in [-0.05, 0) is 14.0 Å². The molecule has 0 aromatic rings. The molecular weight excluding hydrogens is 226 g/mol. The maximum Gasteiger partial charge on any atom is 0.338 e. The SMILES string of the molecule is CCOC(=O)C(C#N)N(C)CCC(C)[N+](=O)[O-]. The zero-order valence-electron chi connectivity index (χ0n) is 10.3. The summed E-state index contributed by atoms with van der Waals surface area (Å²) >= 11 is 0. The van der Waals surface area contributed by atoms with Gasteiger partial charge < -0.3 is 4.74 Å². The fourth-order valence-electron chi connectivity index (χ4n) is 1.18. The molecule has 0 heterocycles. The van der Waals surface area contributed by atoms with Crippen LogP contribution in [-0.2, 0) is 9.53 Å². The predicted molar refractivity (Wildman–Crippen MR) is 59.7 cm³/mol. The minimum Gasteiger partial charge on any atom is -0.464 e. The molecule has 0 aromatic carbocycles. The van der Waals surface area contributed by atoms with E-state index in [1.807, 2.05) is 6.07 Å². The van der Waals surface area contributed by atoms with E-state index in [9.17, 15) is 14.9 Å². The Kier molecular flexibility index (Phi) is 6.82. The third kappa shape index (κ3) is 5.26. The summed E-state index contributed by atoms with van der Waals surface area (Å²) in [5.74, 6) is -0.619. The van der Waals surface area contributed by atoms with Crippen LogP contribution in [0, 0.1) is 21.4 Å². The molecule has 0 aliphatic rings. The maximum atomic E-state index is 11.4. The molecule has 0 aliphatic heterocycles. The minimum atomic E-state index is -1.01. The highest BCUT2D eigenvalue weighted by molar-refractivity contribution is 5.78. The average Bonchev–Trinajstić information content (AvgIpc) is 2.26. The van der Waals surface area contributed by atoms with Gasteiger partial charge in [0.15, 0.2) is 6.04 Å². The standard InChI is InChI=1S/C10H17N3O4/c1-4-17-10(14)9(7-11)12(3)6-5-8(2)13(15)16/h8-9H,4-6H2,1-3H3. The molecule has 2 atom stereocenters. The smallest absolute Gasteiger partial charge is 0.338 e. The fraction of sp³-hybridized carbons (Fsp3) is 0.800. The third-order valence-corrected chi connectivity index (χ3v) is 2.33. The number of esters is 1. The van der Waals surface area contributed by atoms with Crippen LogP contribution in [0.15, 0.2) is 0 Å². The number of carbonyl (C=O) groups excluding carboxylic acids is 1. The van der Waals surface area contributed by atoms with Crippen LogP contribution in [0.2, 0.25) is 0 Å². The van der Waals surface area contributed by atoms with Crippen LogP contribution in [0.4, 0.5) is 0 Å². The lowest BCUT2D eigenvalue weighted by Gasteiger charge is -2.20. The van der Waals surface area contributed by atoms with Gasteiger partial charge in [0.05, 0.1) is 12.7 Å². The second kappa shape index (κ2) is 7.57. The molecule has 0 bridgehead atoms. The second-order valence-electron chi connectivity index (χ2n) is 3.69. The highest BCUT2D eigenvalue weighted by atomic mass is 16.6. The number of rotatable bonds is 7. The number of hydrogen-bond acceptors (Lipinski definition) is 6. The molecule has 0 saturated heterocycles. The molecule has 0 radical (unpaired) electrons. The molecule has 0 rings (SSSR count). The molecular formula is C10H17N3O4. The van der Waals surface area contributed by atoms with Crippen molar-refractivity contribution in [1.82, 2.24) is 4.90 Å². The topological polar surface area (TPSA) is 96.5 Å². The Morgan fingerprint density at radius 1 is 1.65 bits per heavy atom. The summed E-state index contributed by atoms with van der Waals surface area (Å²) in [5, 5.41) is 19.3. The number of ether oxygens (including phenoxy) is 1. The van der Waals surface area contributed by atoms with Crippen molar-refractivity contribution in [2.24, 2.45) is 0 Å². The average molecular weight is 243 g/mol. The third-order valence-electron chi connectivity index (χ3n) is 2.33. The number of nitrogens with zero attached hydrogens (tertiary/aromatic N) is 3. The first-order chi connectivity index (χ1) is 7.93. The molecule has 17 heavy (non-hydrogen) atoms. The lowest BCUT2D eigenvalue weighted by atomic mass is 10.2. The van der Waals surface area contributed by atoms with Crippen molar-refractivity contribution in [3.8, 4) is 6.07 Å². The zero-order valence-corrected chi connectivity index (χ0v) is 10.3. The number of likely N-dealkylation sites (N-methyl/N-ethyl adjacent to an activating group) is 1. The first-order valence-electron chi connectivity index (χ1n) is 5.34. The van der Waals surface area contributed by atoms with Crippen molar-refractivity contribution in [3.63, 3.8) is 0 Å². The summed E-state index contributed by atoms with van der Waals surface area (Å²) in [5.41, 5.74) is 0. The highest BCUT2D eigenvalue weighted by Crippen LogP contribution is 2.03. The molecule has 0 saturated carbocycles. The molecule has 0 N–H and O–H groups in total. The summed E-state index contributed by atoms with van der Waals surface area (Å²) < 4.78 is 4.73. The van der Waals surface area contributed by atoms with Crippen molar-refractivity contribution in [1.29, 1.82) is 5.26 Å². The van der Waals surface area contributed by atoms with Gasteiger partial charge in [0.1, 0.15) is 0 Å². The molecule has 0 aromatic heterocycles. The Morgan fingerprint density at radius 2 is 2.24 bits per heavy atom. The Bertz CT molecular complexity index is 313. The summed E-state index contributed by atoms with van der Waals surface area (Å²) in [6.07, 6.45) is 0.279. The van der Waals surface area contributed by atoms with Crippen molar-refractivity contribution >= 4 is 5.97 Å². The molecule has 0 spiro atoms. The van der Waals surface area contributed by atoms with E-state index >= 15 is 0 Å². The van der Waals surface area contributed by atoms with Crippen LogP contribution in [0.5, 0.6) is 0 Å². The summed E-state index contributed by atoms with van der Waals surface area (Å²) in [6.45, 7) is 3.63. The van der Waals surface area contributed by atoms with Crippen molar-refractivity contribution in [3.05, 3.63) is 10.1 Å². The summed E-state index contributed by atoms with van der Waals surface area (Å²) in [4.78, 5) is 22.9. The molecule has 0 fully saturated rings. The van der Waals surface area contributed by atoms with Gasteiger partial charge in [0.2, 0.25) is 6.04 Å². The number of nitro groups is 1. The quantitative estimate of drug-likeness (QED) is 0.365. The van der Waals surface area contributed by atoms with E-state index in [1.54, 1.807) is 14.0 Å². The van der Waals surface area contributed by atoms with Crippen molar-refractivity contribution < 1.29 is 14.5 Å². The molecule has 7 nitrogen and oxygen atoms in total. The van der Waals surface area contributed by atoms with E-state index in [2.05, 4.69) is 0 Å². The molecule has 0 aliphatic carbocycles. The van der Waals surface area contributed by atoms with Crippen LogP contribution in [-0.4, -0.2) is 48.1 Å². The molecule has 7 heteroatoms. The van der Waals surface area contributed by atoms with Crippen LogP contribution < -0.4 is 0 Å². The van der Waals surface area contributed by atoms with Gasteiger partial charge in [-0.15, -0.1) is 0 Å². The van der Waals surface area contributed by atoms with Gasteiger partial charge in [-0.1, -0.05) is 0 Å². The van der Waals surface area contributed by atoms with Gasteiger partial charge in [-0.3, -0.25) is 15.0 Å². The lowest BCUT2D eigenvalue weighted by Crippen LogP contribution is -2.40. The van der Waals surface area contributed by atoms with Crippen LogP contribution in [0.1, 0.15) is 20.3 Å². The summed E-state index contributed by atoms with van der Waals surface area (Å²) in [6, 6.07) is 0.120. The van der Waals surface area contributed by atoms with Gasteiger partial charge in [0.25, 0.3) is 0 Å². The monoisotopic (exact) mass is 243 g/mol. The van der Waals surface area contributed by atoms with Crippen LogP contribution >= 0.6 is 0 Å². The van der Waals surface area contributed by atoms with E-state index in [1.165, 1.54) is 11.8 Å². The summed E-state index contributed by atoms with van der Waals surface area (Å²) in [7, 11) is 1.57. The number of carbonyl (C=O) groups is 1. The fourth-order valence-corrected chi connectivity index (χ4v) is 1.18. The van der Waals surface area contributed by atoms with Gasteiger partial charge in [-0.2, -0.15) is 5.26 Å². The highest BCUT2D eigenvalue weighted by Gasteiger charge is 2.25. The predicted octanol–water partition coefficient (Wildman–Crippen LogP) is 0.429. The lowest BCUT2D eigenvalue weighted by molar-refractivity contribution is -0.518. The van der Waals surface area contributed by atoms with Gasteiger partial charge in [-0.25, -0.2) is 4.79 Å². The first-order valence-corrected chi connectivity index (χ1v) is 5.34. The Morgan fingerprint density at radius 3 is 2.65 bits per heavy atom. The molecule has 0 amide bonds. The van der Waals surface area contributed by atoms with E-state index in [4.69, 9.17) is 10.00 Å². The van der Waals surface area contributed by atoms with E-state index in [0.29, 0.717) is 6.54 Å². The number of nitriles is 1. The largest absolute Gasteiger partial charge is 0.464 e. The van der Waals surface area contributed by atoms with E-state index < -0.39 is 18.1 Å². The Balaban J connectivity index is 4.27. The second-order valence-corrected chi connectivity index (χ2v) is 3.69. The normalized spacial score (nSPS) is 13.8. The van der Waals surface area contributed by atoms with Gasteiger partial charge in [0, 0.05) is 24.8 Å². The van der Waals surface area contributed by atoms with E-state index in [-0.39, 0.29) is 18.0 Å². The zero-order chi connectivity index (χ0) is 13.4. The molecule has 96 valence electrons. The number of hydrogen-bond donors (Lipinski definition) is 0. The maximum absolute atomic E-state index is 11.4. The first kappa shape index (κ1) is 15.3. The van der Waals surface area contributed by atoms with Crippen LogP contribution in [0.25, 0.3) is 0 Å². The Labute approximate surface area is 100 Å². The Hall–Kier alpha value is -1.68.